The minimum absolute atomic E-state index is 0.0331. The molecule has 0 fully saturated rings. The van der Waals surface area contributed by atoms with Gasteiger partial charge in [0.2, 0.25) is 5.91 Å². The Kier molecular flexibility index (Phi) is 8.12. The molecule has 2 N–H and O–H groups in total. The van der Waals surface area contributed by atoms with Gasteiger partial charge < -0.3 is 15.2 Å². The molecule has 2 aliphatic rings. The van der Waals surface area contributed by atoms with Crippen molar-refractivity contribution < 1.29 is 36.6 Å². The molecule has 0 bridgehead atoms. The number of amides is 1. The van der Waals surface area contributed by atoms with Crippen LogP contribution in [0.5, 0.6) is 5.75 Å². The van der Waals surface area contributed by atoms with Crippen molar-refractivity contribution in [3.63, 3.8) is 0 Å². The van der Waals surface area contributed by atoms with Crippen LogP contribution in [-0.4, -0.2) is 29.6 Å². The van der Waals surface area contributed by atoms with Gasteiger partial charge in [-0.25, -0.2) is 4.39 Å². The maximum atomic E-state index is 13.4. The van der Waals surface area contributed by atoms with Crippen molar-refractivity contribution in [3.05, 3.63) is 100 Å². The molecular weight excluding hydrogens is 493 g/mol. The Morgan fingerprint density at radius 2 is 1.86 bits per heavy atom. The lowest BCUT2D eigenvalue weighted by molar-refractivity contribution is -0.253. The van der Waals surface area contributed by atoms with Gasteiger partial charge in [0.25, 0.3) is 0 Å². The third-order valence-electron chi connectivity index (χ3n) is 6.35. The Hall–Kier alpha value is -3.46. The molecule has 2 atom stereocenters. The Morgan fingerprint density at radius 3 is 2.59 bits per heavy atom. The lowest BCUT2D eigenvalue weighted by atomic mass is 9.92. The molecule has 4 nitrogen and oxygen atoms in total. The highest BCUT2D eigenvalue weighted by molar-refractivity contribution is 5.81. The molecule has 0 radical (unpaired) electrons. The van der Waals surface area contributed by atoms with E-state index in [9.17, 15) is 31.9 Å². The van der Waals surface area contributed by atoms with Crippen LogP contribution in [0.25, 0.3) is 0 Å². The average molecular weight is 520 g/mol. The largest absolute Gasteiger partial charge is 0.461 e. The number of carbonyl (C=O) groups is 1. The van der Waals surface area contributed by atoms with Crippen LogP contribution in [0.15, 0.2) is 83.5 Å². The zero-order chi connectivity index (χ0) is 26.6. The first-order valence-corrected chi connectivity index (χ1v) is 11.9. The number of halogens is 5. The molecule has 0 heterocycles. The first-order chi connectivity index (χ1) is 17.6. The first kappa shape index (κ1) is 26.6. The van der Waals surface area contributed by atoms with Crippen molar-refractivity contribution in [2.75, 3.05) is 0 Å². The van der Waals surface area contributed by atoms with Gasteiger partial charge in [-0.05, 0) is 77.8 Å². The molecule has 9 heteroatoms. The fourth-order valence-corrected chi connectivity index (χ4v) is 4.53. The monoisotopic (exact) mass is 519 g/mol. The maximum absolute atomic E-state index is 13.4. The number of alkyl halides is 4. The van der Waals surface area contributed by atoms with Crippen molar-refractivity contribution >= 4 is 5.91 Å². The van der Waals surface area contributed by atoms with Crippen LogP contribution in [-0.2, 0) is 11.2 Å². The number of rotatable bonds is 10. The fraction of sp³-hybridized carbons (Fsp3) is 0.321. The van der Waals surface area contributed by atoms with Gasteiger partial charge in [0, 0.05) is 0 Å². The predicted molar refractivity (Wildman–Crippen MR) is 128 cm³/mol. The van der Waals surface area contributed by atoms with Crippen LogP contribution in [0.2, 0.25) is 0 Å². The second-order valence-electron chi connectivity index (χ2n) is 9.05. The van der Waals surface area contributed by atoms with Gasteiger partial charge in [0.1, 0.15) is 11.6 Å². The molecule has 37 heavy (non-hydrogen) atoms. The van der Waals surface area contributed by atoms with Gasteiger partial charge >= 0.3 is 12.5 Å². The number of carbonyl (C=O) groups excluding carboxylic acids is 1. The number of ether oxygens (including phenoxy) is 1. The number of hydrogen-bond donors (Lipinski definition) is 2. The summed E-state index contributed by atoms with van der Waals surface area (Å²) >= 11 is 0. The average Bonchev–Trinajstić information content (AvgIpc) is 3.26. The smallest absolute Gasteiger partial charge is 0.428 e. The summed E-state index contributed by atoms with van der Waals surface area (Å²) in [5.41, 5.74) is 3.83. The standard InChI is InChI=1S/C28H26F5NO3/c29-21-12-10-19(11-13-21)26(36)24(15-17-4-3-6-22(14-17)37-28(32,33)27(30)31)34-25(35)16-20-9-8-18-5-1-2-7-23(18)20/h3-6,8-14,24,26-27,36H,1-2,7,15-16H2,(H,34,35)/t24-,26+/m1/s1. The zero-order valence-corrected chi connectivity index (χ0v) is 19.8. The van der Waals surface area contributed by atoms with E-state index in [1.807, 2.05) is 12.2 Å². The summed E-state index contributed by atoms with van der Waals surface area (Å²) < 4.78 is 69.4. The van der Waals surface area contributed by atoms with E-state index in [4.69, 9.17) is 0 Å². The van der Waals surface area contributed by atoms with Crippen LogP contribution in [0.1, 0.15) is 42.9 Å². The van der Waals surface area contributed by atoms with E-state index < -0.39 is 36.2 Å². The normalized spacial score (nSPS) is 16.9. The summed E-state index contributed by atoms with van der Waals surface area (Å²) in [5, 5.41) is 13.8. The van der Waals surface area contributed by atoms with Crippen molar-refractivity contribution in [2.24, 2.45) is 0 Å². The Bertz CT molecular complexity index is 1220. The molecule has 2 aromatic rings. The van der Waals surface area contributed by atoms with E-state index in [-0.39, 0.29) is 18.7 Å². The lowest BCUT2D eigenvalue weighted by Crippen LogP contribution is -2.41. The Balaban J connectivity index is 1.54. The highest BCUT2D eigenvalue weighted by Gasteiger charge is 2.44. The summed E-state index contributed by atoms with van der Waals surface area (Å²) in [4.78, 5) is 13.0. The number of nitrogens with one attached hydrogen (secondary N) is 1. The molecule has 1 amide bonds. The van der Waals surface area contributed by atoms with Crippen LogP contribution in [0.4, 0.5) is 22.0 Å². The van der Waals surface area contributed by atoms with E-state index in [1.54, 1.807) is 0 Å². The first-order valence-electron chi connectivity index (χ1n) is 11.9. The van der Waals surface area contributed by atoms with Gasteiger partial charge in [-0.1, -0.05) is 42.5 Å². The van der Waals surface area contributed by atoms with Crippen LogP contribution in [0.3, 0.4) is 0 Å². The summed E-state index contributed by atoms with van der Waals surface area (Å²) in [7, 11) is 0. The van der Waals surface area contributed by atoms with Gasteiger partial charge in [-0.3, -0.25) is 4.79 Å². The lowest BCUT2D eigenvalue weighted by Gasteiger charge is -2.25. The number of hydrogen-bond acceptors (Lipinski definition) is 3. The van der Waals surface area contributed by atoms with E-state index in [2.05, 4.69) is 16.1 Å². The third kappa shape index (κ3) is 6.65. The summed E-state index contributed by atoms with van der Waals surface area (Å²) in [5.74, 6) is -1.34. The number of fused-ring (bicyclic) bond motifs is 1. The summed E-state index contributed by atoms with van der Waals surface area (Å²) in [6, 6.07) is 9.32. The predicted octanol–water partition coefficient (Wildman–Crippen LogP) is 6.19. The number of aliphatic hydroxyl groups excluding tert-OH is 1. The number of allylic oxidation sites excluding steroid dienone is 5. The molecular formula is C28H26F5NO3. The molecule has 196 valence electrons. The Labute approximate surface area is 211 Å². The second kappa shape index (κ2) is 11.3. The summed E-state index contributed by atoms with van der Waals surface area (Å²) in [6.07, 6.45) is -1.02. The highest BCUT2D eigenvalue weighted by atomic mass is 19.3. The van der Waals surface area contributed by atoms with Gasteiger partial charge in [-0.15, -0.1) is 0 Å². The topological polar surface area (TPSA) is 58.6 Å². The molecule has 2 aromatic carbocycles. The third-order valence-corrected chi connectivity index (χ3v) is 6.35. The van der Waals surface area contributed by atoms with Crippen LogP contribution < -0.4 is 10.1 Å². The van der Waals surface area contributed by atoms with Crippen molar-refractivity contribution in [3.8, 4) is 5.75 Å². The SMILES string of the molecule is O=C(CC1=C2CCCC=C2C=C1)N[C@H](Cc1cccc(OC(F)(F)C(F)F)c1)[C@@H](O)c1ccc(F)cc1. The second-order valence-corrected chi connectivity index (χ2v) is 9.05. The minimum Gasteiger partial charge on any atom is -0.428 e. The minimum atomic E-state index is -4.67. The van der Waals surface area contributed by atoms with Gasteiger partial charge in [-0.2, -0.15) is 17.6 Å². The molecule has 0 aromatic heterocycles. The zero-order valence-electron chi connectivity index (χ0n) is 19.8. The fourth-order valence-electron chi connectivity index (χ4n) is 4.53. The maximum Gasteiger partial charge on any atom is 0.461 e. The molecule has 4 rings (SSSR count). The number of aliphatic hydroxyl groups is 1. The van der Waals surface area contributed by atoms with E-state index in [0.29, 0.717) is 11.1 Å². The van der Waals surface area contributed by atoms with Crippen molar-refractivity contribution in [1.82, 2.24) is 5.32 Å². The number of benzene rings is 2. The Morgan fingerprint density at radius 1 is 1.11 bits per heavy atom. The molecule has 0 saturated heterocycles. The molecule has 0 saturated carbocycles. The quantitative estimate of drug-likeness (QED) is 0.368. The molecule has 0 spiro atoms. The van der Waals surface area contributed by atoms with Crippen LogP contribution in [0, 0.1) is 5.82 Å². The van der Waals surface area contributed by atoms with Gasteiger partial charge in [0.15, 0.2) is 0 Å². The molecule has 0 aliphatic heterocycles. The van der Waals surface area contributed by atoms with E-state index in [0.717, 1.165) is 48.1 Å². The summed E-state index contributed by atoms with van der Waals surface area (Å²) in [6.45, 7) is 0. The van der Waals surface area contributed by atoms with Crippen molar-refractivity contribution in [1.29, 1.82) is 0 Å². The molecule has 2 aliphatic carbocycles. The molecule has 0 unspecified atom stereocenters. The highest BCUT2D eigenvalue weighted by Crippen LogP contribution is 2.35. The van der Waals surface area contributed by atoms with Crippen molar-refractivity contribution in [2.45, 2.75) is 56.8 Å². The van der Waals surface area contributed by atoms with E-state index >= 15 is 0 Å². The van der Waals surface area contributed by atoms with Crippen LogP contribution >= 0.6 is 0 Å². The van der Waals surface area contributed by atoms with Gasteiger partial charge in [0.05, 0.1) is 18.6 Å². The van der Waals surface area contributed by atoms with E-state index in [1.165, 1.54) is 36.4 Å².